The maximum absolute atomic E-state index is 13.2. The number of hydrogen-bond acceptors (Lipinski definition) is 4. The molecule has 1 fully saturated rings. The monoisotopic (exact) mass is 403 g/mol. The fourth-order valence-corrected chi connectivity index (χ4v) is 4.75. The number of halogens is 1. The highest BCUT2D eigenvalue weighted by Crippen LogP contribution is 2.22. The fraction of sp³-hybridized carbons (Fsp3) is 0.263. The SMILES string of the molecule is N#Cc1cccc(S(=O)(=O)N(Cc2cccc(Cl)c2)C[C@@H]2CCC(=O)N2)c1. The third-order valence-corrected chi connectivity index (χ3v) is 6.40. The Labute approximate surface area is 163 Å². The predicted octanol–water partition coefficient (Wildman–Crippen LogP) is 2.68. The van der Waals surface area contributed by atoms with Crippen molar-refractivity contribution >= 4 is 27.5 Å². The van der Waals surface area contributed by atoms with Crippen molar-refractivity contribution in [3.05, 3.63) is 64.7 Å². The highest BCUT2D eigenvalue weighted by Gasteiger charge is 2.30. The van der Waals surface area contributed by atoms with Gasteiger partial charge in [0.05, 0.1) is 16.5 Å². The number of rotatable bonds is 6. The molecule has 1 aliphatic rings. The Morgan fingerprint density at radius 2 is 2.00 bits per heavy atom. The second kappa shape index (κ2) is 8.09. The first kappa shape index (κ1) is 19.4. The first-order chi connectivity index (χ1) is 12.9. The van der Waals surface area contributed by atoms with Crippen LogP contribution in [0.3, 0.4) is 0 Å². The molecule has 1 atom stereocenters. The Balaban J connectivity index is 1.94. The minimum Gasteiger partial charge on any atom is -0.352 e. The number of carbonyl (C=O) groups excluding carboxylic acids is 1. The Hall–Kier alpha value is -2.40. The average molecular weight is 404 g/mol. The molecule has 0 aromatic heterocycles. The van der Waals surface area contributed by atoms with E-state index in [0.717, 1.165) is 5.56 Å². The van der Waals surface area contributed by atoms with E-state index in [4.69, 9.17) is 16.9 Å². The second-order valence-electron chi connectivity index (χ2n) is 6.37. The summed E-state index contributed by atoms with van der Waals surface area (Å²) in [4.78, 5) is 11.6. The van der Waals surface area contributed by atoms with Gasteiger partial charge in [-0.15, -0.1) is 0 Å². The number of hydrogen-bond donors (Lipinski definition) is 1. The van der Waals surface area contributed by atoms with Gasteiger partial charge in [-0.05, 0) is 42.3 Å². The van der Waals surface area contributed by atoms with Gasteiger partial charge in [-0.25, -0.2) is 8.42 Å². The van der Waals surface area contributed by atoms with E-state index in [2.05, 4.69) is 5.32 Å². The molecule has 0 unspecified atom stereocenters. The van der Waals surface area contributed by atoms with E-state index >= 15 is 0 Å². The van der Waals surface area contributed by atoms with Crippen LogP contribution in [0, 0.1) is 11.3 Å². The van der Waals surface area contributed by atoms with Gasteiger partial charge in [0.25, 0.3) is 0 Å². The maximum Gasteiger partial charge on any atom is 0.243 e. The van der Waals surface area contributed by atoms with E-state index in [1.165, 1.54) is 16.4 Å². The Kier molecular flexibility index (Phi) is 5.80. The minimum absolute atomic E-state index is 0.0490. The number of amides is 1. The molecule has 1 aliphatic heterocycles. The predicted molar refractivity (Wildman–Crippen MR) is 101 cm³/mol. The number of carbonyl (C=O) groups is 1. The maximum atomic E-state index is 13.2. The van der Waals surface area contributed by atoms with E-state index in [1.807, 2.05) is 6.07 Å². The van der Waals surface area contributed by atoms with Crippen molar-refractivity contribution in [2.75, 3.05) is 6.54 Å². The van der Waals surface area contributed by atoms with Crippen LogP contribution < -0.4 is 5.32 Å². The zero-order chi connectivity index (χ0) is 19.4. The molecule has 8 heteroatoms. The van der Waals surface area contributed by atoms with Crippen molar-refractivity contribution in [1.29, 1.82) is 5.26 Å². The summed E-state index contributed by atoms with van der Waals surface area (Å²) in [5.74, 6) is -0.0772. The first-order valence-electron chi connectivity index (χ1n) is 8.42. The van der Waals surface area contributed by atoms with Crippen LogP contribution in [0.5, 0.6) is 0 Å². The van der Waals surface area contributed by atoms with E-state index in [0.29, 0.717) is 17.9 Å². The van der Waals surface area contributed by atoms with Crippen molar-refractivity contribution < 1.29 is 13.2 Å². The van der Waals surface area contributed by atoms with Gasteiger partial charge in [-0.3, -0.25) is 4.79 Å². The Morgan fingerprint density at radius 3 is 2.67 bits per heavy atom. The summed E-state index contributed by atoms with van der Waals surface area (Å²) in [5.41, 5.74) is 1.01. The van der Waals surface area contributed by atoms with Crippen LogP contribution >= 0.6 is 11.6 Å². The molecule has 1 N–H and O–H groups in total. The van der Waals surface area contributed by atoms with Crippen LogP contribution in [0.15, 0.2) is 53.4 Å². The smallest absolute Gasteiger partial charge is 0.243 e. The van der Waals surface area contributed by atoms with E-state index in [-0.39, 0.29) is 35.5 Å². The third kappa shape index (κ3) is 4.66. The molecule has 2 aromatic rings. The molecule has 1 heterocycles. The highest BCUT2D eigenvalue weighted by molar-refractivity contribution is 7.89. The number of nitrogens with zero attached hydrogens (tertiary/aromatic N) is 2. The summed E-state index contributed by atoms with van der Waals surface area (Å²) >= 11 is 6.03. The molecule has 0 saturated carbocycles. The van der Waals surface area contributed by atoms with Crippen molar-refractivity contribution in [1.82, 2.24) is 9.62 Å². The summed E-state index contributed by atoms with van der Waals surface area (Å²) in [6, 6.07) is 14.6. The number of benzene rings is 2. The molecule has 27 heavy (non-hydrogen) atoms. The molecule has 1 amide bonds. The molecule has 6 nitrogen and oxygen atoms in total. The molecule has 3 rings (SSSR count). The zero-order valence-corrected chi connectivity index (χ0v) is 16.0. The van der Waals surface area contributed by atoms with Gasteiger partial charge in [-0.1, -0.05) is 29.8 Å². The number of sulfonamides is 1. The minimum atomic E-state index is -3.86. The van der Waals surface area contributed by atoms with Crippen LogP contribution in [0.25, 0.3) is 0 Å². The van der Waals surface area contributed by atoms with Crippen LogP contribution in [-0.4, -0.2) is 31.2 Å². The lowest BCUT2D eigenvalue weighted by atomic mass is 10.2. The number of nitriles is 1. The van der Waals surface area contributed by atoms with Gasteiger partial charge in [0.2, 0.25) is 15.9 Å². The molecule has 1 saturated heterocycles. The quantitative estimate of drug-likeness (QED) is 0.802. The molecule has 2 aromatic carbocycles. The normalized spacial score (nSPS) is 16.9. The van der Waals surface area contributed by atoms with Gasteiger partial charge in [0.15, 0.2) is 0 Å². The fourth-order valence-electron chi connectivity index (χ4n) is 3.02. The van der Waals surface area contributed by atoms with Gasteiger partial charge in [0.1, 0.15) is 0 Å². The summed E-state index contributed by atoms with van der Waals surface area (Å²) < 4.78 is 27.8. The average Bonchev–Trinajstić information content (AvgIpc) is 3.06. The van der Waals surface area contributed by atoms with Crippen molar-refractivity contribution in [3.8, 4) is 6.07 Å². The third-order valence-electron chi connectivity index (χ3n) is 4.36. The lowest BCUT2D eigenvalue weighted by Crippen LogP contribution is -2.41. The van der Waals surface area contributed by atoms with Gasteiger partial charge in [-0.2, -0.15) is 9.57 Å². The van der Waals surface area contributed by atoms with Crippen LogP contribution in [0.2, 0.25) is 5.02 Å². The lowest BCUT2D eigenvalue weighted by molar-refractivity contribution is -0.119. The van der Waals surface area contributed by atoms with Crippen LogP contribution in [0.1, 0.15) is 24.0 Å². The van der Waals surface area contributed by atoms with E-state index in [1.54, 1.807) is 36.4 Å². The van der Waals surface area contributed by atoms with Crippen molar-refractivity contribution in [3.63, 3.8) is 0 Å². The van der Waals surface area contributed by atoms with Crippen molar-refractivity contribution in [2.45, 2.75) is 30.3 Å². The molecular weight excluding hydrogens is 386 g/mol. The molecule has 0 spiro atoms. The summed E-state index contributed by atoms with van der Waals surface area (Å²) in [5, 5.41) is 12.4. The Bertz CT molecular complexity index is 1000. The summed E-state index contributed by atoms with van der Waals surface area (Å²) in [6.07, 6.45) is 0.971. The highest BCUT2D eigenvalue weighted by atomic mass is 35.5. The standard InChI is InChI=1S/C19H18ClN3O3S/c20-16-5-1-4-15(9-16)12-23(13-17-7-8-19(24)22-17)27(25,26)18-6-2-3-14(10-18)11-21/h1-6,9-10,17H,7-8,12-13H2,(H,22,24)/t17-/m0/s1. The van der Waals surface area contributed by atoms with Crippen LogP contribution in [-0.2, 0) is 21.4 Å². The second-order valence-corrected chi connectivity index (χ2v) is 8.74. The van der Waals surface area contributed by atoms with Gasteiger partial charge in [0, 0.05) is 30.6 Å². The molecule has 0 aliphatic carbocycles. The zero-order valence-electron chi connectivity index (χ0n) is 14.4. The van der Waals surface area contributed by atoms with Gasteiger partial charge < -0.3 is 5.32 Å². The molecule has 140 valence electrons. The summed E-state index contributed by atoms with van der Waals surface area (Å²) in [7, 11) is -3.86. The molecule has 0 radical (unpaired) electrons. The summed E-state index contributed by atoms with van der Waals surface area (Å²) in [6.45, 7) is 0.267. The largest absolute Gasteiger partial charge is 0.352 e. The lowest BCUT2D eigenvalue weighted by Gasteiger charge is -2.25. The molecule has 0 bridgehead atoms. The van der Waals surface area contributed by atoms with Gasteiger partial charge >= 0.3 is 0 Å². The topological polar surface area (TPSA) is 90.3 Å². The molecular formula is C19H18ClN3O3S. The van der Waals surface area contributed by atoms with E-state index < -0.39 is 10.0 Å². The number of nitrogens with one attached hydrogen (secondary N) is 1. The van der Waals surface area contributed by atoms with Crippen molar-refractivity contribution in [2.24, 2.45) is 0 Å². The first-order valence-corrected chi connectivity index (χ1v) is 10.2. The van der Waals surface area contributed by atoms with E-state index in [9.17, 15) is 13.2 Å². The Morgan fingerprint density at radius 1 is 1.22 bits per heavy atom. The van der Waals surface area contributed by atoms with Crippen LogP contribution in [0.4, 0.5) is 0 Å².